The Bertz CT molecular complexity index is 858. The summed E-state index contributed by atoms with van der Waals surface area (Å²) in [6.45, 7) is 2.17. The molecule has 29 heavy (non-hydrogen) atoms. The lowest BCUT2D eigenvalue weighted by Crippen LogP contribution is -2.54. The molecule has 1 saturated carbocycles. The summed E-state index contributed by atoms with van der Waals surface area (Å²) in [4.78, 5) is 26.1. The molecule has 2 unspecified atom stereocenters. The van der Waals surface area contributed by atoms with Crippen LogP contribution in [-0.4, -0.2) is 35.5 Å². The van der Waals surface area contributed by atoms with Crippen LogP contribution in [0.5, 0.6) is 0 Å². The third-order valence-corrected chi connectivity index (χ3v) is 8.69. The Morgan fingerprint density at radius 3 is 2.72 bits per heavy atom. The molecule has 4 heteroatoms. The number of hydrogen-bond donors (Lipinski definition) is 0. The molecule has 6 rings (SSSR count). The first-order valence-corrected chi connectivity index (χ1v) is 11.6. The second-order valence-corrected chi connectivity index (χ2v) is 10.00. The largest absolute Gasteiger partial charge is 0.359 e. The van der Waals surface area contributed by atoms with Gasteiger partial charge in [0, 0.05) is 17.3 Å². The highest BCUT2D eigenvalue weighted by Crippen LogP contribution is 2.66. The fourth-order valence-corrected chi connectivity index (χ4v) is 7.54. The van der Waals surface area contributed by atoms with Gasteiger partial charge in [-0.25, -0.2) is 0 Å². The number of ether oxygens (including phenoxy) is 2. The Kier molecular flexibility index (Phi) is 3.93. The molecule has 2 aliphatic carbocycles. The predicted molar refractivity (Wildman–Crippen MR) is 108 cm³/mol. The minimum Gasteiger partial charge on any atom is -0.359 e. The van der Waals surface area contributed by atoms with Crippen molar-refractivity contribution in [2.24, 2.45) is 17.3 Å². The van der Waals surface area contributed by atoms with E-state index in [9.17, 15) is 9.59 Å². The van der Waals surface area contributed by atoms with Gasteiger partial charge in [0.25, 0.3) is 0 Å². The van der Waals surface area contributed by atoms with E-state index in [4.69, 9.17) is 9.47 Å². The lowest BCUT2D eigenvalue weighted by Gasteiger charge is -2.52. The lowest BCUT2D eigenvalue weighted by molar-refractivity contribution is -0.146. The summed E-state index contributed by atoms with van der Waals surface area (Å²) in [5.74, 6) is 0.611. The average Bonchev–Trinajstić information content (AvgIpc) is 3.26. The standard InChI is InChI=1S/C25H30O4/c1-2-3-13-25-19(27)9-8-18(29-25)15-14-16-21(22(15)25)24(11-5-4-6-12-24)20-10-7-17(26)23(16)28-20/h7-10,15,18,20,22-23H,2-6,11-14H2,1H3/t15?,18-,20+,22?,23+,25+/m0/s1. The first kappa shape index (κ1) is 18.3. The van der Waals surface area contributed by atoms with Gasteiger partial charge in [-0.1, -0.05) is 56.8 Å². The third kappa shape index (κ3) is 2.22. The summed E-state index contributed by atoms with van der Waals surface area (Å²) in [6.07, 6.45) is 16.6. The molecule has 0 aromatic carbocycles. The van der Waals surface area contributed by atoms with Crippen molar-refractivity contribution in [3.8, 4) is 0 Å². The highest BCUT2D eigenvalue weighted by Gasteiger charge is 2.68. The SMILES string of the molecule is CCCC[C@@]12O[C@@H](C=CC1=O)C1CC3=C(C12)C1(CCCCC1)[C@H]1C=CC(=O)[C@@H]3O1. The van der Waals surface area contributed by atoms with Gasteiger partial charge in [0.15, 0.2) is 11.6 Å². The maximum absolute atomic E-state index is 13.3. The van der Waals surface area contributed by atoms with Crippen LogP contribution in [0.25, 0.3) is 0 Å². The molecular formula is C25H30O4. The molecule has 0 N–H and O–H groups in total. The molecule has 4 aliphatic heterocycles. The van der Waals surface area contributed by atoms with E-state index in [0.717, 1.165) is 38.5 Å². The van der Waals surface area contributed by atoms with Crippen molar-refractivity contribution in [2.75, 3.05) is 0 Å². The second-order valence-electron chi connectivity index (χ2n) is 10.00. The van der Waals surface area contributed by atoms with E-state index < -0.39 is 11.7 Å². The van der Waals surface area contributed by atoms with Gasteiger partial charge in [-0.2, -0.15) is 0 Å². The van der Waals surface area contributed by atoms with Crippen molar-refractivity contribution >= 4 is 11.6 Å². The zero-order valence-corrected chi connectivity index (χ0v) is 17.2. The summed E-state index contributed by atoms with van der Waals surface area (Å²) in [5, 5.41) is 0. The monoisotopic (exact) mass is 394 g/mol. The van der Waals surface area contributed by atoms with Crippen LogP contribution in [0.15, 0.2) is 35.5 Å². The molecule has 154 valence electrons. The van der Waals surface area contributed by atoms with Crippen LogP contribution in [0.4, 0.5) is 0 Å². The normalized spacial score (nSPS) is 43.8. The highest BCUT2D eigenvalue weighted by molar-refractivity contribution is 6.00. The van der Waals surface area contributed by atoms with E-state index >= 15 is 0 Å². The summed E-state index contributed by atoms with van der Waals surface area (Å²) in [6, 6.07) is 0. The van der Waals surface area contributed by atoms with Crippen molar-refractivity contribution in [2.45, 2.75) is 88.6 Å². The fourth-order valence-electron chi connectivity index (χ4n) is 7.54. The molecule has 4 heterocycles. The van der Waals surface area contributed by atoms with Crippen LogP contribution < -0.4 is 0 Å². The summed E-state index contributed by atoms with van der Waals surface area (Å²) >= 11 is 0. The maximum atomic E-state index is 13.3. The van der Waals surface area contributed by atoms with E-state index in [2.05, 4.69) is 6.92 Å². The molecule has 0 amide bonds. The third-order valence-electron chi connectivity index (χ3n) is 8.69. The van der Waals surface area contributed by atoms with Crippen LogP contribution in [-0.2, 0) is 19.1 Å². The first-order chi connectivity index (χ1) is 14.1. The smallest absolute Gasteiger partial charge is 0.188 e. The molecule has 2 fully saturated rings. The molecule has 1 saturated heterocycles. The molecular weight excluding hydrogens is 364 g/mol. The lowest BCUT2D eigenvalue weighted by atomic mass is 9.57. The average molecular weight is 395 g/mol. The quantitative estimate of drug-likeness (QED) is 0.672. The van der Waals surface area contributed by atoms with Crippen molar-refractivity contribution in [1.82, 2.24) is 0 Å². The Morgan fingerprint density at radius 2 is 1.93 bits per heavy atom. The molecule has 6 aliphatic rings. The zero-order valence-electron chi connectivity index (χ0n) is 17.2. The minimum atomic E-state index is -0.722. The Balaban J connectivity index is 1.54. The number of fused-ring (bicyclic) bond motifs is 11. The van der Waals surface area contributed by atoms with Crippen LogP contribution in [0.2, 0.25) is 0 Å². The van der Waals surface area contributed by atoms with Gasteiger partial charge in [0.2, 0.25) is 0 Å². The number of rotatable bonds is 3. The van der Waals surface area contributed by atoms with E-state index in [1.165, 1.54) is 30.4 Å². The van der Waals surface area contributed by atoms with Crippen molar-refractivity contribution < 1.29 is 19.1 Å². The van der Waals surface area contributed by atoms with E-state index in [1.54, 1.807) is 12.2 Å². The van der Waals surface area contributed by atoms with Gasteiger partial charge in [0.05, 0.1) is 12.2 Å². The summed E-state index contributed by atoms with van der Waals surface area (Å²) in [5.41, 5.74) is 1.85. The van der Waals surface area contributed by atoms with E-state index in [1.807, 2.05) is 12.2 Å². The number of hydrogen-bond acceptors (Lipinski definition) is 4. The predicted octanol–water partition coefficient (Wildman–Crippen LogP) is 4.24. The molecule has 0 aromatic heterocycles. The number of unbranched alkanes of at least 4 members (excludes halogenated alkanes) is 1. The summed E-state index contributed by atoms with van der Waals surface area (Å²) in [7, 11) is 0. The van der Waals surface area contributed by atoms with Gasteiger partial charge in [-0.05, 0) is 43.4 Å². The molecule has 4 nitrogen and oxygen atoms in total. The highest BCUT2D eigenvalue weighted by atomic mass is 16.5. The molecule has 4 bridgehead atoms. The van der Waals surface area contributed by atoms with Crippen molar-refractivity contribution in [3.05, 3.63) is 35.5 Å². The first-order valence-electron chi connectivity index (χ1n) is 11.6. The van der Waals surface area contributed by atoms with Gasteiger partial charge in [-0.15, -0.1) is 0 Å². The molecule has 0 radical (unpaired) electrons. The van der Waals surface area contributed by atoms with Crippen molar-refractivity contribution in [1.29, 1.82) is 0 Å². The van der Waals surface area contributed by atoms with Gasteiger partial charge in [0.1, 0.15) is 11.7 Å². The number of carbonyl (C=O) groups is 2. The van der Waals surface area contributed by atoms with E-state index in [0.29, 0.717) is 0 Å². The van der Waals surface area contributed by atoms with Crippen molar-refractivity contribution in [3.63, 3.8) is 0 Å². The van der Waals surface area contributed by atoms with Crippen LogP contribution in [0, 0.1) is 17.3 Å². The fraction of sp³-hybridized carbons (Fsp3) is 0.680. The van der Waals surface area contributed by atoms with Crippen LogP contribution >= 0.6 is 0 Å². The number of ketones is 2. The Hall–Kier alpha value is -1.52. The summed E-state index contributed by atoms with van der Waals surface area (Å²) < 4.78 is 13.0. The van der Waals surface area contributed by atoms with E-state index in [-0.39, 0.29) is 41.0 Å². The zero-order chi connectivity index (χ0) is 19.8. The van der Waals surface area contributed by atoms with Gasteiger partial charge < -0.3 is 9.47 Å². The number of carbonyl (C=O) groups excluding carboxylic acids is 2. The Morgan fingerprint density at radius 1 is 1.10 bits per heavy atom. The maximum Gasteiger partial charge on any atom is 0.188 e. The molecule has 1 spiro atoms. The van der Waals surface area contributed by atoms with Crippen LogP contribution in [0.3, 0.4) is 0 Å². The minimum absolute atomic E-state index is 0.0105. The van der Waals surface area contributed by atoms with Crippen LogP contribution in [0.1, 0.15) is 64.7 Å². The second kappa shape index (κ2) is 6.24. The Labute approximate surface area is 172 Å². The molecule has 6 atom stereocenters. The topological polar surface area (TPSA) is 52.6 Å². The van der Waals surface area contributed by atoms with Gasteiger partial charge >= 0.3 is 0 Å². The van der Waals surface area contributed by atoms with Gasteiger partial charge in [-0.3, -0.25) is 9.59 Å². The molecule has 0 aromatic rings.